The van der Waals surface area contributed by atoms with Crippen LogP contribution in [0.1, 0.15) is 39.3 Å². The maximum atomic E-state index is 11.8. The van der Waals surface area contributed by atoms with Crippen molar-refractivity contribution in [2.75, 3.05) is 18.9 Å². The average Bonchev–Trinajstić information content (AvgIpc) is 2.56. The number of hydrogen-bond acceptors (Lipinski definition) is 3. The zero-order valence-electron chi connectivity index (χ0n) is 12.7. The fourth-order valence-electron chi connectivity index (χ4n) is 1.90. The van der Waals surface area contributed by atoms with Crippen LogP contribution < -0.4 is 10.6 Å². The standard InChI is InChI=1S/C14H26N4O/c1-14(2,3)10-11-9-12(18(5)17-11)16-13(19)7-6-8-15-4/h9,15H,6-8,10H2,1-5H3,(H,16,19). The van der Waals surface area contributed by atoms with Crippen molar-refractivity contribution in [2.24, 2.45) is 12.5 Å². The summed E-state index contributed by atoms with van der Waals surface area (Å²) >= 11 is 0. The first-order valence-corrected chi connectivity index (χ1v) is 6.79. The van der Waals surface area contributed by atoms with Crippen LogP contribution in [0.3, 0.4) is 0 Å². The van der Waals surface area contributed by atoms with Crippen LogP contribution in [0.2, 0.25) is 0 Å². The van der Waals surface area contributed by atoms with Gasteiger partial charge in [-0.25, -0.2) is 0 Å². The minimum absolute atomic E-state index is 0.0422. The molecule has 5 nitrogen and oxygen atoms in total. The van der Waals surface area contributed by atoms with Gasteiger partial charge in [0.05, 0.1) is 5.69 Å². The van der Waals surface area contributed by atoms with Crippen LogP contribution in [-0.4, -0.2) is 29.3 Å². The summed E-state index contributed by atoms with van der Waals surface area (Å²) < 4.78 is 1.73. The number of rotatable bonds is 6. The molecule has 1 amide bonds. The van der Waals surface area contributed by atoms with Crippen LogP contribution >= 0.6 is 0 Å². The highest BCUT2D eigenvalue weighted by Crippen LogP contribution is 2.21. The SMILES string of the molecule is CNCCCC(=O)Nc1cc(CC(C)(C)C)nn1C. The molecule has 0 unspecified atom stereocenters. The summed E-state index contributed by atoms with van der Waals surface area (Å²) in [6.45, 7) is 7.39. The second-order valence-corrected chi connectivity index (χ2v) is 6.14. The number of amides is 1. The number of aromatic nitrogens is 2. The molecule has 1 rings (SSSR count). The van der Waals surface area contributed by atoms with Crippen molar-refractivity contribution < 1.29 is 4.79 Å². The number of aryl methyl sites for hydroxylation is 1. The first kappa shape index (κ1) is 15.7. The van der Waals surface area contributed by atoms with Gasteiger partial charge in [-0.1, -0.05) is 20.8 Å². The van der Waals surface area contributed by atoms with E-state index in [9.17, 15) is 4.79 Å². The Morgan fingerprint density at radius 2 is 2.11 bits per heavy atom. The van der Waals surface area contributed by atoms with E-state index in [4.69, 9.17) is 0 Å². The van der Waals surface area contributed by atoms with Crippen molar-refractivity contribution in [1.82, 2.24) is 15.1 Å². The van der Waals surface area contributed by atoms with E-state index in [1.165, 1.54) is 0 Å². The largest absolute Gasteiger partial charge is 0.320 e. The monoisotopic (exact) mass is 266 g/mol. The van der Waals surface area contributed by atoms with E-state index < -0.39 is 0 Å². The summed E-state index contributed by atoms with van der Waals surface area (Å²) in [7, 11) is 3.74. The highest BCUT2D eigenvalue weighted by Gasteiger charge is 2.15. The van der Waals surface area contributed by atoms with Crippen molar-refractivity contribution >= 4 is 11.7 Å². The number of nitrogens with one attached hydrogen (secondary N) is 2. The Labute approximate surface area is 115 Å². The first-order chi connectivity index (χ1) is 8.81. The summed E-state index contributed by atoms with van der Waals surface area (Å²) in [4.78, 5) is 11.8. The van der Waals surface area contributed by atoms with E-state index in [0.717, 1.165) is 30.9 Å². The molecule has 0 aliphatic rings. The molecule has 108 valence electrons. The molecular weight excluding hydrogens is 240 g/mol. The summed E-state index contributed by atoms with van der Waals surface area (Å²) in [6, 6.07) is 1.96. The Hall–Kier alpha value is -1.36. The number of nitrogens with zero attached hydrogens (tertiary/aromatic N) is 2. The second-order valence-electron chi connectivity index (χ2n) is 6.14. The van der Waals surface area contributed by atoms with E-state index in [-0.39, 0.29) is 11.3 Å². The molecule has 0 fully saturated rings. The lowest BCUT2D eigenvalue weighted by atomic mass is 9.91. The molecule has 0 aliphatic carbocycles. The summed E-state index contributed by atoms with van der Waals surface area (Å²) in [5.41, 5.74) is 1.21. The van der Waals surface area contributed by atoms with Gasteiger partial charge in [-0.3, -0.25) is 9.48 Å². The zero-order chi connectivity index (χ0) is 14.5. The highest BCUT2D eigenvalue weighted by atomic mass is 16.1. The molecule has 2 N–H and O–H groups in total. The van der Waals surface area contributed by atoms with Gasteiger partial charge >= 0.3 is 0 Å². The lowest BCUT2D eigenvalue weighted by Crippen LogP contribution is -2.16. The quantitative estimate of drug-likeness (QED) is 0.774. The average molecular weight is 266 g/mol. The van der Waals surface area contributed by atoms with Gasteiger partial charge < -0.3 is 10.6 Å². The fourth-order valence-corrected chi connectivity index (χ4v) is 1.90. The molecule has 19 heavy (non-hydrogen) atoms. The Morgan fingerprint density at radius 1 is 1.42 bits per heavy atom. The van der Waals surface area contributed by atoms with Crippen LogP contribution in [0.5, 0.6) is 0 Å². The van der Waals surface area contributed by atoms with Gasteiger partial charge in [0, 0.05) is 19.5 Å². The van der Waals surface area contributed by atoms with Crippen molar-refractivity contribution in [1.29, 1.82) is 0 Å². The van der Waals surface area contributed by atoms with E-state index in [1.54, 1.807) is 4.68 Å². The molecule has 0 aromatic carbocycles. The molecule has 0 bridgehead atoms. The van der Waals surface area contributed by atoms with Crippen LogP contribution in [0.25, 0.3) is 0 Å². The topological polar surface area (TPSA) is 59.0 Å². The molecule has 0 saturated carbocycles. The third kappa shape index (κ3) is 5.87. The van der Waals surface area contributed by atoms with E-state index in [2.05, 4.69) is 36.5 Å². The van der Waals surface area contributed by atoms with Crippen LogP contribution in [0, 0.1) is 5.41 Å². The molecule has 0 spiro atoms. The van der Waals surface area contributed by atoms with E-state index >= 15 is 0 Å². The van der Waals surface area contributed by atoms with Gasteiger partial charge in [-0.2, -0.15) is 5.10 Å². The van der Waals surface area contributed by atoms with Gasteiger partial charge in [0.25, 0.3) is 0 Å². The van der Waals surface area contributed by atoms with Crippen LogP contribution in [0.4, 0.5) is 5.82 Å². The molecular formula is C14H26N4O. The summed E-state index contributed by atoms with van der Waals surface area (Å²) in [5, 5.41) is 10.4. The maximum absolute atomic E-state index is 11.8. The molecule has 0 aliphatic heterocycles. The molecule has 1 aromatic heterocycles. The summed E-state index contributed by atoms with van der Waals surface area (Å²) in [6.07, 6.45) is 2.27. The Balaban J connectivity index is 2.57. The number of carbonyl (C=O) groups excluding carboxylic acids is 1. The number of anilines is 1. The number of carbonyl (C=O) groups is 1. The Kier molecular flexibility index (Phi) is 5.54. The fraction of sp³-hybridized carbons (Fsp3) is 0.714. The molecule has 5 heteroatoms. The van der Waals surface area contributed by atoms with Gasteiger partial charge in [0.15, 0.2) is 0 Å². The molecule has 0 atom stereocenters. The third-order valence-corrected chi connectivity index (χ3v) is 2.74. The lowest BCUT2D eigenvalue weighted by Gasteiger charge is -2.15. The van der Waals surface area contributed by atoms with Gasteiger partial charge in [-0.15, -0.1) is 0 Å². The minimum atomic E-state index is 0.0422. The van der Waals surface area contributed by atoms with E-state index in [0.29, 0.717) is 6.42 Å². The van der Waals surface area contributed by atoms with Crippen LogP contribution in [0.15, 0.2) is 6.07 Å². The first-order valence-electron chi connectivity index (χ1n) is 6.79. The minimum Gasteiger partial charge on any atom is -0.320 e. The molecule has 0 saturated heterocycles. The normalized spacial score (nSPS) is 11.6. The lowest BCUT2D eigenvalue weighted by molar-refractivity contribution is -0.116. The van der Waals surface area contributed by atoms with Gasteiger partial charge in [0.2, 0.25) is 5.91 Å². The summed E-state index contributed by atoms with van der Waals surface area (Å²) in [5.74, 6) is 0.814. The Bertz CT molecular complexity index is 418. The maximum Gasteiger partial charge on any atom is 0.225 e. The van der Waals surface area contributed by atoms with Crippen molar-refractivity contribution in [2.45, 2.75) is 40.0 Å². The van der Waals surface area contributed by atoms with Crippen LogP contribution in [-0.2, 0) is 18.3 Å². The van der Waals surface area contributed by atoms with Gasteiger partial charge in [0.1, 0.15) is 5.82 Å². The molecule has 1 aromatic rings. The Morgan fingerprint density at radius 3 is 2.68 bits per heavy atom. The predicted octanol–water partition coefficient (Wildman–Crippen LogP) is 1.95. The zero-order valence-corrected chi connectivity index (χ0v) is 12.7. The van der Waals surface area contributed by atoms with Crippen molar-refractivity contribution in [3.8, 4) is 0 Å². The van der Waals surface area contributed by atoms with E-state index in [1.807, 2.05) is 20.2 Å². The second kappa shape index (κ2) is 6.70. The third-order valence-electron chi connectivity index (χ3n) is 2.74. The van der Waals surface area contributed by atoms with Crippen molar-refractivity contribution in [3.05, 3.63) is 11.8 Å². The van der Waals surface area contributed by atoms with Crippen molar-refractivity contribution in [3.63, 3.8) is 0 Å². The highest BCUT2D eigenvalue weighted by molar-refractivity contribution is 5.89. The van der Waals surface area contributed by atoms with Gasteiger partial charge in [-0.05, 0) is 31.8 Å². The molecule has 1 heterocycles. The smallest absolute Gasteiger partial charge is 0.225 e. The predicted molar refractivity (Wildman–Crippen MR) is 78.2 cm³/mol. The molecule has 0 radical (unpaired) electrons. The number of hydrogen-bond donors (Lipinski definition) is 2.